The SMILES string of the molecule is O=c1[nH]cnc2c1ncn2[C@@H]1O[C@H](CO)[C@@H](O)[C@H]1O.O=c1[nH]cnc2c1ncn2[C@@H]1O[C@H](CO)[C@@H](O)[C@H]1O.[Cl-].[Cl-].[Pt+2]. The fourth-order valence-electron chi connectivity index (χ4n) is 4.32. The fourth-order valence-corrected chi connectivity index (χ4v) is 4.32. The number of nitrogens with zero attached hydrogens (tertiary/aromatic N) is 6. The van der Waals surface area contributed by atoms with Crippen LogP contribution >= 0.6 is 0 Å². The maximum Gasteiger partial charge on any atom is 2.00 e. The van der Waals surface area contributed by atoms with Crippen molar-refractivity contribution in [2.45, 2.75) is 49.1 Å². The van der Waals surface area contributed by atoms with Crippen LogP contribution in [-0.2, 0) is 30.5 Å². The van der Waals surface area contributed by atoms with E-state index in [0.29, 0.717) is 0 Å². The first-order chi connectivity index (χ1) is 18.3. The molecule has 0 radical (unpaired) electrons. The third-order valence-corrected chi connectivity index (χ3v) is 6.31. The maximum atomic E-state index is 11.5. The van der Waals surface area contributed by atoms with Gasteiger partial charge in [-0.2, -0.15) is 0 Å². The number of hydrogen-bond acceptors (Lipinski definition) is 14. The van der Waals surface area contributed by atoms with Crippen LogP contribution in [0.3, 0.4) is 0 Å². The minimum Gasteiger partial charge on any atom is -1.00 e. The number of H-pyrrole nitrogens is 2. The van der Waals surface area contributed by atoms with Crippen molar-refractivity contribution in [3.63, 3.8) is 0 Å². The Kier molecular flexibility index (Phi) is 12.1. The van der Waals surface area contributed by atoms with E-state index in [2.05, 4.69) is 29.9 Å². The standard InChI is InChI=1S/2C10H12N4O5.2ClH.Pt/c2*15-1-4-6(16)7(17)10(19-4)14-3-13-5-8(14)11-2-12-9(5)18;;;/h2*2-4,6-7,10,15-17H,1H2,(H,11,12,18);2*1H;/q;;;;+2/p-2/t2*4-,6-,7-,10-;;;/m11.../s1. The molecule has 21 heteroatoms. The monoisotopic (exact) mass is 801 g/mol. The van der Waals surface area contributed by atoms with Crippen LogP contribution in [0.25, 0.3) is 22.3 Å². The predicted molar refractivity (Wildman–Crippen MR) is 122 cm³/mol. The Morgan fingerprint density at radius 1 is 0.683 bits per heavy atom. The van der Waals surface area contributed by atoms with Gasteiger partial charge in [0.15, 0.2) is 34.8 Å². The molecular formula is C20H24Cl2N8O10Pt. The van der Waals surface area contributed by atoms with E-state index in [1.165, 1.54) is 34.4 Å². The third-order valence-electron chi connectivity index (χ3n) is 6.31. The van der Waals surface area contributed by atoms with Crippen LogP contribution in [0, 0.1) is 0 Å². The molecule has 2 aliphatic rings. The van der Waals surface area contributed by atoms with Crippen molar-refractivity contribution in [3.05, 3.63) is 46.0 Å². The smallest absolute Gasteiger partial charge is 1.00 e. The largest absolute Gasteiger partial charge is 2.00 e. The number of ether oxygens (including phenoxy) is 2. The van der Waals surface area contributed by atoms with E-state index in [-0.39, 0.29) is 68.2 Å². The second kappa shape index (κ2) is 14.2. The molecule has 2 saturated heterocycles. The molecule has 41 heavy (non-hydrogen) atoms. The molecule has 0 aromatic carbocycles. The minimum absolute atomic E-state index is 0. The molecular weight excluding hydrogens is 778 g/mol. The number of aliphatic hydroxyl groups excluding tert-OH is 6. The van der Waals surface area contributed by atoms with E-state index in [0.717, 1.165) is 0 Å². The topological polar surface area (TPSA) is 267 Å². The van der Waals surface area contributed by atoms with Crippen LogP contribution < -0.4 is 35.9 Å². The van der Waals surface area contributed by atoms with Gasteiger partial charge in [0.25, 0.3) is 11.1 Å². The molecule has 0 saturated carbocycles. The summed E-state index contributed by atoms with van der Waals surface area (Å²) in [6.45, 7) is -0.843. The number of fused-ring (bicyclic) bond motifs is 2. The van der Waals surface area contributed by atoms with Gasteiger partial charge in [0, 0.05) is 0 Å². The Morgan fingerprint density at radius 3 is 1.37 bits per heavy atom. The zero-order valence-corrected chi connectivity index (χ0v) is 24.2. The first-order valence-corrected chi connectivity index (χ1v) is 11.3. The van der Waals surface area contributed by atoms with Crippen LogP contribution in [0.5, 0.6) is 0 Å². The summed E-state index contributed by atoms with van der Waals surface area (Å²) in [5, 5.41) is 57.3. The van der Waals surface area contributed by atoms with E-state index >= 15 is 0 Å². The van der Waals surface area contributed by atoms with Gasteiger partial charge < -0.3 is 74.9 Å². The first-order valence-electron chi connectivity index (χ1n) is 11.3. The first kappa shape index (κ1) is 34.8. The van der Waals surface area contributed by atoms with Gasteiger partial charge in [-0.25, -0.2) is 19.9 Å². The van der Waals surface area contributed by atoms with E-state index in [4.69, 9.17) is 19.7 Å². The molecule has 6 rings (SSSR count). The Bertz CT molecular complexity index is 1440. The molecule has 2 fully saturated rings. The molecule has 0 amide bonds. The summed E-state index contributed by atoms with van der Waals surface area (Å²) in [6, 6.07) is 0. The predicted octanol–water partition coefficient (Wildman–Crippen LogP) is -10.5. The number of aliphatic hydroxyl groups is 6. The van der Waals surface area contributed by atoms with Crippen molar-refractivity contribution in [2.75, 3.05) is 13.2 Å². The number of hydrogen-bond donors (Lipinski definition) is 8. The number of aromatic nitrogens is 8. The second-order valence-corrected chi connectivity index (χ2v) is 8.57. The molecule has 2 aliphatic heterocycles. The summed E-state index contributed by atoms with van der Waals surface area (Å²) in [5.41, 5.74) is -0.122. The number of rotatable bonds is 4. The quantitative estimate of drug-likeness (QED) is 0.0953. The molecule has 0 spiro atoms. The van der Waals surface area contributed by atoms with Crippen molar-refractivity contribution < 1.29 is 86.0 Å². The maximum absolute atomic E-state index is 11.5. The van der Waals surface area contributed by atoms with Crippen molar-refractivity contribution in [1.29, 1.82) is 0 Å². The summed E-state index contributed by atoms with van der Waals surface area (Å²) in [5.74, 6) is 0. The Morgan fingerprint density at radius 2 is 1.05 bits per heavy atom. The normalized spacial score (nSPS) is 28.8. The Labute approximate surface area is 255 Å². The van der Waals surface area contributed by atoms with Gasteiger partial charge in [0.1, 0.15) is 36.6 Å². The van der Waals surface area contributed by atoms with Crippen LogP contribution in [0.4, 0.5) is 0 Å². The van der Waals surface area contributed by atoms with Crippen molar-refractivity contribution in [3.8, 4) is 0 Å². The zero-order chi connectivity index (χ0) is 27.1. The van der Waals surface area contributed by atoms with Gasteiger partial charge in [-0.15, -0.1) is 0 Å². The number of imidazole rings is 2. The Balaban J connectivity index is 0.000000267. The van der Waals surface area contributed by atoms with Gasteiger partial charge in [-0.1, -0.05) is 0 Å². The van der Waals surface area contributed by atoms with Crippen molar-refractivity contribution >= 4 is 22.3 Å². The molecule has 4 aromatic rings. The summed E-state index contributed by atoms with van der Waals surface area (Å²) in [6.07, 6.45) is -3.57. The molecule has 8 atom stereocenters. The molecule has 0 unspecified atom stereocenters. The molecule has 0 aliphatic carbocycles. The fraction of sp³-hybridized carbons (Fsp3) is 0.500. The average molecular weight is 802 g/mol. The van der Waals surface area contributed by atoms with Crippen LogP contribution in [0.2, 0.25) is 0 Å². The van der Waals surface area contributed by atoms with E-state index in [9.17, 15) is 30.0 Å². The van der Waals surface area contributed by atoms with Gasteiger partial charge in [-0.05, 0) is 0 Å². The van der Waals surface area contributed by atoms with E-state index in [1.54, 1.807) is 0 Å². The molecule has 6 heterocycles. The molecule has 18 nitrogen and oxygen atoms in total. The average Bonchev–Trinajstić information content (AvgIpc) is 3.67. The Hall–Kier alpha value is -2.35. The van der Waals surface area contributed by atoms with Crippen molar-refractivity contribution in [2.24, 2.45) is 0 Å². The number of aromatic amines is 2. The van der Waals surface area contributed by atoms with Gasteiger partial charge in [0.2, 0.25) is 0 Å². The molecule has 4 aromatic heterocycles. The molecule has 228 valence electrons. The van der Waals surface area contributed by atoms with Gasteiger partial charge >= 0.3 is 21.1 Å². The summed E-state index contributed by atoms with van der Waals surface area (Å²) in [4.78, 5) is 43.5. The van der Waals surface area contributed by atoms with Gasteiger partial charge in [-0.3, -0.25) is 18.7 Å². The molecule has 0 bridgehead atoms. The van der Waals surface area contributed by atoms with E-state index in [1.807, 2.05) is 0 Å². The van der Waals surface area contributed by atoms with Crippen molar-refractivity contribution in [1.82, 2.24) is 39.0 Å². The zero-order valence-electron chi connectivity index (χ0n) is 20.4. The summed E-state index contributed by atoms with van der Waals surface area (Å²) >= 11 is 0. The third kappa shape index (κ3) is 6.23. The van der Waals surface area contributed by atoms with E-state index < -0.39 is 73.4 Å². The number of nitrogens with one attached hydrogen (secondary N) is 2. The van der Waals surface area contributed by atoms with Crippen LogP contribution in [-0.4, -0.2) is 120 Å². The number of halogens is 2. The minimum atomic E-state index is -1.24. The van der Waals surface area contributed by atoms with Crippen LogP contribution in [0.15, 0.2) is 34.9 Å². The molecule has 8 N–H and O–H groups in total. The van der Waals surface area contributed by atoms with Gasteiger partial charge in [0.05, 0.1) is 38.5 Å². The van der Waals surface area contributed by atoms with Crippen LogP contribution in [0.1, 0.15) is 12.5 Å². The summed E-state index contributed by atoms with van der Waals surface area (Å²) < 4.78 is 13.4. The summed E-state index contributed by atoms with van der Waals surface area (Å²) in [7, 11) is 0. The second-order valence-electron chi connectivity index (χ2n) is 8.57.